The Kier molecular flexibility index (Phi) is 3.67. The predicted octanol–water partition coefficient (Wildman–Crippen LogP) is 3.29. The van der Waals surface area contributed by atoms with E-state index in [0.29, 0.717) is 0 Å². The van der Waals surface area contributed by atoms with Crippen LogP contribution in [-0.4, -0.2) is 24.8 Å². The molecule has 0 saturated heterocycles. The Morgan fingerprint density at radius 3 is 2.32 bits per heavy atom. The van der Waals surface area contributed by atoms with Crippen molar-refractivity contribution in [2.24, 2.45) is 5.92 Å². The Morgan fingerprint density at radius 2 is 1.84 bits per heavy atom. The number of halogens is 3. The van der Waals surface area contributed by atoms with Crippen LogP contribution in [0.5, 0.6) is 0 Å². The molecule has 1 aromatic carbocycles. The number of alkyl halides is 3. The Balaban J connectivity index is 2.44. The van der Waals surface area contributed by atoms with E-state index in [1.54, 1.807) is 25.1 Å². The van der Waals surface area contributed by atoms with Crippen molar-refractivity contribution in [3.8, 4) is 0 Å². The second-order valence-corrected chi connectivity index (χ2v) is 5.13. The van der Waals surface area contributed by atoms with E-state index in [2.05, 4.69) is 0 Å². The van der Waals surface area contributed by atoms with Crippen molar-refractivity contribution in [1.82, 2.24) is 4.90 Å². The third kappa shape index (κ3) is 2.97. The monoisotopic (exact) mass is 271 g/mol. The lowest BCUT2D eigenvalue weighted by atomic mass is 9.94. The Bertz CT molecular complexity index is 478. The predicted molar refractivity (Wildman–Crippen MR) is 65.6 cm³/mol. The molecule has 1 unspecified atom stereocenters. The summed E-state index contributed by atoms with van der Waals surface area (Å²) in [7, 11) is 3.27. The minimum Gasteiger partial charge on any atom is -0.297 e. The molecule has 0 aliphatic heterocycles. The highest BCUT2D eigenvalue weighted by atomic mass is 19.4. The lowest BCUT2D eigenvalue weighted by Crippen LogP contribution is -2.30. The second-order valence-electron chi connectivity index (χ2n) is 5.13. The normalized spacial score (nSPS) is 17.6. The largest absolute Gasteiger partial charge is 0.416 e. The minimum absolute atomic E-state index is 0.0527. The van der Waals surface area contributed by atoms with Gasteiger partial charge in [-0.2, -0.15) is 13.2 Å². The number of hydrogen-bond donors (Lipinski definition) is 0. The minimum atomic E-state index is -4.44. The number of nitrogens with zero attached hydrogens (tertiary/aromatic N) is 1. The fraction of sp³-hybridized carbons (Fsp3) is 0.500. The molecule has 0 aromatic heterocycles. The molecule has 2 nitrogen and oxygen atoms in total. The zero-order valence-electron chi connectivity index (χ0n) is 10.9. The van der Waals surface area contributed by atoms with Gasteiger partial charge in [0.05, 0.1) is 11.6 Å². The molecule has 0 N–H and O–H groups in total. The van der Waals surface area contributed by atoms with Gasteiger partial charge in [-0.1, -0.05) is 18.2 Å². The fourth-order valence-electron chi connectivity index (χ4n) is 2.27. The summed E-state index contributed by atoms with van der Waals surface area (Å²) < 4.78 is 39.1. The first-order chi connectivity index (χ1) is 8.82. The number of ketones is 1. The van der Waals surface area contributed by atoms with Crippen LogP contribution in [-0.2, 0) is 11.0 Å². The smallest absolute Gasteiger partial charge is 0.297 e. The van der Waals surface area contributed by atoms with Crippen LogP contribution in [0.25, 0.3) is 0 Å². The molecule has 0 spiro atoms. The van der Waals surface area contributed by atoms with Gasteiger partial charge in [-0.15, -0.1) is 0 Å². The van der Waals surface area contributed by atoms with Gasteiger partial charge in [0, 0.05) is 5.92 Å². The number of rotatable bonds is 4. The first-order valence-corrected chi connectivity index (χ1v) is 6.18. The molecule has 1 fully saturated rings. The molecule has 0 radical (unpaired) electrons. The van der Waals surface area contributed by atoms with Crippen LogP contribution in [0, 0.1) is 5.92 Å². The maximum Gasteiger partial charge on any atom is 0.416 e. The highest BCUT2D eigenvalue weighted by Gasteiger charge is 2.41. The van der Waals surface area contributed by atoms with Crippen molar-refractivity contribution < 1.29 is 18.0 Å². The molecular formula is C14H16F3NO. The fourth-order valence-corrected chi connectivity index (χ4v) is 2.27. The summed E-state index contributed by atoms with van der Waals surface area (Å²) in [6.07, 6.45) is -2.86. The third-order valence-electron chi connectivity index (χ3n) is 3.33. The molecule has 2 rings (SSSR count). The summed E-state index contributed by atoms with van der Waals surface area (Å²) in [4.78, 5) is 13.8. The number of benzene rings is 1. The van der Waals surface area contributed by atoms with Gasteiger partial charge < -0.3 is 0 Å². The molecule has 0 amide bonds. The van der Waals surface area contributed by atoms with Crippen LogP contribution >= 0.6 is 0 Å². The van der Waals surface area contributed by atoms with E-state index in [1.165, 1.54) is 12.1 Å². The van der Waals surface area contributed by atoms with Gasteiger partial charge in [0.25, 0.3) is 0 Å². The van der Waals surface area contributed by atoms with Crippen molar-refractivity contribution in [3.63, 3.8) is 0 Å². The number of Topliss-reactive ketones (excluding diaryl/α,β-unsaturated/α-hetero) is 1. The van der Waals surface area contributed by atoms with Crippen molar-refractivity contribution >= 4 is 5.78 Å². The molecule has 0 heterocycles. The molecule has 1 aromatic rings. The zero-order valence-corrected chi connectivity index (χ0v) is 10.9. The summed E-state index contributed by atoms with van der Waals surface area (Å²) in [6, 6.07) is 4.51. The molecule has 104 valence electrons. The van der Waals surface area contributed by atoms with Crippen LogP contribution in [0.3, 0.4) is 0 Å². The van der Waals surface area contributed by atoms with Crippen LogP contribution in [0.2, 0.25) is 0 Å². The topological polar surface area (TPSA) is 20.3 Å². The van der Waals surface area contributed by atoms with Gasteiger partial charge in [-0.3, -0.25) is 9.69 Å². The molecule has 1 saturated carbocycles. The Morgan fingerprint density at radius 1 is 1.26 bits per heavy atom. The van der Waals surface area contributed by atoms with Crippen LogP contribution in [0.4, 0.5) is 13.2 Å². The highest BCUT2D eigenvalue weighted by Crippen LogP contribution is 2.40. The van der Waals surface area contributed by atoms with Crippen molar-refractivity contribution in [2.75, 3.05) is 14.1 Å². The van der Waals surface area contributed by atoms with E-state index in [9.17, 15) is 18.0 Å². The van der Waals surface area contributed by atoms with Gasteiger partial charge in [-0.05, 0) is 38.6 Å². The molecule has 5 heteroatoms. The van der Waals surface area contributed by atoms with Crippen molar-refractivity contribution in [3.05, 3.63) is 35.4 Å². The van der Waals surface area contributed by atoms with Crippen molar-refractivity contribution in [2.45, 2.75) is 25.1 Å². The number of carbonyl (C=O) groups excluding carboxylic acids is 1. The number of hydrogen-bond acceptors (Lipinski definition) is 2. The maximum atomic E-state index is 13.0. The maximum absolute atomic E-state index is 13.0. The zero-order chi connectivity index (χ0) is 14.2. The van der Waals surface area contributed by atoms with Crippen LogP contribution in [0.15, 0.2) is 24.3 Å². The first kappa shape index (κ1) is 14.1. The SMILES string of the molecule is CN(C)C(C(=O)C1CC1)c1ccccc1C(F)(F)F. The van der Waals surface area contributed by atoms with Crippen molar-refractivity contribution in [1.29, 1.82) is 0 Å². The third-order valence-corrected chi connectivity index (χ3v) is 3.33. The average molecular weight is 271 g/mol. The summed E-state index contributed by atoms with van der Waals surface area (Å²) in [5.41, 5.74) is -0.667. The van der Waals surface area contributed by atoms with Gasteiger partial charge in [-0.25, -0.2) is 0 Å². The second kappa shape index (κ2) is 4.96. The van der Waals surface area contributed by atoms with Gasteiger partial charge in [0.2, 0.25) is 0 Å². The Hall–Kier alpha value is -1.36. The lowest BCUT2D eigenvalue weighted by Gasteiger charge is -2.26. The summed E-state index contributed by atoms with van der Waals surface area (Å²) in [6.45, 7) is 0. The molecule has 1 aliphatic carbocycles. The molecule has 19 heavy (non-hydrogen) atoms. The van der Waals surface area contributed by atoms with E-state index < -0.39 is 17.8 Å². The highest BCUT2D eigenvalue weighted by molar-refractivity contribution is 5.89. The van der Waals surface area contributed by atoms with Gasteiger partial charge in [0.1, 0.15) is 0 Å². The molecule has 1 atom stereocenters. The van der Waals surface area contributed by atoms with Crippen LogP contribution in [0.1, 0.15) is 30.0 Å². The first-order valence-electron chi connectivity index (χ1n) is 6.18. The summed E-state index contributed by atoms with van der Waals surface area (Å²) in [5.74, 6) is -0.185. The summed E-state index contributed by atoms with van der Waals surface area (Å²) >= 11 is 0. The van der Waals surface area contributed by atoms with E-state index in [-0.39, 0.29) is 17.3 Å². The van der Waals surface area contributed by atoms with Gasteiger partial charge >= 0.3 is 6.18 Å². The van der Waals surface area contributed by atoms with Gasteiger partial charge in [0.15, 0.2) is 5.78 Å². The molecule has 1 aliphatic rings. The average Bonchev–Trinajstić information content (AvgIpc) is 3.11. The lowest BCUT2D eigenvalue weighted by molar-refractivity contribution is -0.139. The standard InChI is InChI=1S/C14H16F3NO/c1-18(2)12(13(19)9-7-8-9)10-5-3-4-6-11(10)14(15,16)17/h3-6,9,12H,7-8H2,1-2H3. The quantitative estimate of drug-likeness (QED) is 0.837. The van der Waals surface area contributed by atoms with E-state index in [1.807, 2.05) is 0 Å². The molecular weight excluding hydrogens is 255 g/mol. The van der Waals surface area contributed by atoms with E-state index in [0.717, 1.165) is 18.9 Å². The Labute approximate surface area is 110 Å². The number of likely N-dealkylation sites (N-methyl/N-ethyl adjacent to an activating group) is 1. The van der Waals surface area contributed by atoms with E-state index >= 15 is 0 Å². The molecule has 0 bridgehead atoms. The number of carbonyl (C=O) groups is 1. The van der Waals surface area contributed by atoms with E-state index in [4.69, 9.17) is 0 Å². The summed E-state index contributed by atoms with van der Waals surface area (Å²) in [5, 5.41) is 0. The van der Waals surface area contributed by atoms with Crippen LogP contribution < -0.4 is 0 Å².